The summed E-state index contributed by atoms with van der Waals surface area (Å²) in [5.41, 5.74) is 2.77. The maximum Gasteiger partial charge on any atom is 0.119 e. The van der Waals surface area contributed by atoms with Crippen molar-refractivity contribution in [1.29, 1.82) is 0 Å². The van der Waals surface area contributed by atoms with Gasteiger partial charge in [-0.25, -0.2) is 0 Å². The fourth-order valence-corrected chi connectivity index (χ4v) is 10.2. The lowest BCUT2D eigenvalue weighted by molar-refractivity contribution is -0.873. The van der Waals surface area contributed by atoms with E-state index in [0.717, 1.165) is 53.1 Å². The van der Waals surface area contributed by atoms with E-state index < -0.39 is 0 Å². The molecule has 0 bridgehead atoms. The van der Waals surface area contributed by atoms with E-state index >= 15 is 0 Å². The second kappa shape index (κ2) is 13.0. The van der Waals surface area contributed by atoms with Gasteiger partial charge >= 0.3 is 0 Å². The topological polar surface area (TPSA) is 12.5 Å². The molecule has 4 heteroatoms. The van der Waals surface area contributed by atoms with Crippen LogP contribution in [0.15, 0.2) is 11.6 Å². The van der Waals surface area contributed by atoms with Crippen molar-refractivity contribution in [3.8, 4) is 0 Å². The molecule has 0 spiro atoms. The van der Waals surface area contributed by atoms with Gasteiger partial charge in [-0.15, -0.1) is 0 Å². The summed E-state index contributed by atoms with van der Waals surface area (Å²) in [5, 5.41) is 0. The Morgan fingerprint density at radius 2 is 1.69 bits per heavy atom. The van der Waals surface area contributed by atoms with Crippen LogP contribution in [0, 0.1) is 46.3 Å². The van der Waals surface area contributed by atoms with Crippen molar-refractivity contribution < 1.29 is 21.6 Å². The smallest absolute Gasteiger partial charge is 0.119 e. The number of allylic oxidation sites excluding steroid dienone is 1. The number of rotatable bonds is 11. The number of likely N-dealkylation sites (N-methyl/N-ethyl adjacent to an activating group) is 2. The van der Waals surface area contributed by atoms with Crippen molar-refractivity contribution >= 4 is 0 Å². The van der Waals surface area contributed by atoms with Crippen LogP contribution in [-0.2, 0) is 4.74 Å². The third-order valence-electron chi connectivity index (χ3n) is 12.0. The second-order valence-corrected chi connectivity index (χ2v) is 16.6. The number of hydrogen-bond donors (Lipinski definition) is 0. The number of halogens is 1. The molecule has 0 radical (unpaired) electrons. The van der Waals surface area contributed by atoms with E-state index in [-0.39, 0.29) is 12.4 Å². The summed E-state index contributed by atoms with van der Waals surface area (Å²) in [5.74, 6) is 5.49. The first-order valence-electron chi connectivity index (χ1n) is 16.5. The van der Waals surface area contributed by atoms with Gasteiger partial charge in [0.2, 0.25) is 0 Å². The van der Waals surface area contributed by atoms with Crippen molar-refractivity contribution in [3.05, 3.63) is 11.6 Å². The van der Waals surface area contributed by atoms with E-state index in [2.05, 4.69) is 80.8 Å². The fraction of sp³-hybridized carbons (Fsp3) is 0.943. The molecular weight excluding hydrogens is 500 g/mol. The molecular formula is C35H65ClN2O. The van der Waals surface area contributed by atoms with E-state index in [1.54, 1.807) is 5.57 Å². The van der Waals surface area contributed by atoms with E-state index in [1.165, 1.54) is 70.6 Å². The molecule has 4 aliphatic rings. The first-order chi connectivity index (χ1) is 17.7. The molecule has 9 atom stereocenters. The van der Waals surface area contributed by atoms with Gasteiger partial charge in [-0.05, 0) is 112 Å². The molecule has 228 valence electrons. The van der Waals surface area contributed by atoms with Gasteiger partial charge in [0.25, 0.3) is 0 Å². The van der Waals surface area contributed by atoms with Gasteiger partial charge in [-0.1, -0.05) is 65.5 Å². The molecule has 4 aliphatic carbocycles. The average Bonchev–Trinajstić information content (AvgIpc) is 3.14. The average molecular weight is 565 g/mol. The molecule has 0 N–H and O–H groups in total. The Kier molecular flexibility index (Phi) is 11.2. The Morgan fingerprint density at radius 3 is 2.33 bits per heavy atom. The van der Waals surface area contributed by atoms with Crippen LogP contribution < -0.4 is 12.4 Å². The third kappa shape index (κ3) is 7.47. The van der Waals surface area contributed by atoms with E-state index in [0.29, 0.717) is 23.0 Å². The molecule has 0 amide bonds. The van der Waals surface area contributed by atoms with Gasteiger partial charge in [0, 0.05) is 6.54 Å². The van der Waals surface area contributed by atoms with E-state index in [9.17, 15) is 0 Å². The molecule has 3 saturated carbocycles. The number of nitrogens with zero attached hydrogens (tertiary/aromatic N) is 2. The first-order valence-corrected chi connectivity index (χ1v) is 16.5. The quantitative estimate of drug-likeness (QED) is 0.257. The Labute approximate surface area is 249 Å². The van der Waals surface area contributed by atoms with Crippen molar-refractivity contribution in [2.45, 2.75) is 117 Å². The number of quaternary nitrogens is 1. The zero-order valence-corrected chi connectivity index (χ0v) is 28.3. The monoisotopic (exact) mass is 564 g/mol. The highest BCUT2D eigenvalue weighted by molar-refractivity contribution is 5.25. The standard InChI is InChI=1S/C35H65N2O.ClH/c1-25(2)12-11-13-26(3)31-16-17-32-30-15-14-27-22-28(38-29(23-36(6)7)24-37(8,9)10)18-20-34(27,4)33(30)19-21-35(31,32)5;/h14,25-26,28-33H,11-13,15-24H2,1-10H3;1H/q+1;/p-1/t26-,28+,29?,30+,31-,32+,33+,34+,35-;/m1./s1. The molecule has 3 nitrogen and oxygen atoms in total. The molecule has 4 rings (SSSR count). The van der Waals surface area contributed by atoms with Crippen molar-refractivity contribution in [3.63, 3.8) is 0 Å². The maximum atomic E-state index is 6.88. The summed E-state index contributed by atoms with van der Waals surface area (Å²) < 4.78 is 7.85. The zero-order chi connectivity index (χ0) is 27.9. The van der Waals surface area contributed by atoms with Gasteiger partial charge in [-0.3, -0.25) is 0 Å². The van der Waals surface area contributed by atoms with Crippen LogP contribution in [0.4, 0.5) is 0 Å². The summed E-state index contributed by atoms with van der Waals surface area (Å²) >= 11 is 0. The molecule has 0 aromatic heterocycles. The molecule has 0 aliphatic heterocycles. The molecule has 1 unspecified atom stereocenters. The summed E-state index contributed by atoms with van der Waals surface area (Å²) in [6, 6.07) is 0. The maximum absolute atomic E-state index is 6.88. The molecule has 0 aromatic rings. The van der Waals surface area contributed by atoms with E-state index in [1.807, 2.05) is 0 Å². The minimum atomic E-state index is 0. The molecule has 3 fully saturated rings. The van der Waals surface area contributed by atoms with Crippen LogP contribution in [-0.4, -0.2) is 69.9 Å². The van der Waals surface area contributed by atoms with Crippen LogP contribution in [0.3, 0.4) is 0 Å². The van der Waals surface area contributed by atoms with Crippen LogP contribution in [0.2, 0.25) is 0 Å². The Morgan fingerprint density at radius 1 is 0.974 bits per heavy atom. The largest absolute Gasteiger partial charge is 1.00 e. The Hall–Kier alpha value is -0.0900. The first kappa shape index (κ1) is 33.4. The zero-order valence-electron chi connectivity index (χ0n) is 27.6. The number of fused-ring (bicyclic) bond motifs is 5. The number of hydrogen-bond acceptors (Lipinski definition) is 2. The third-order valence-corrected chi connectivity index (χ3v) is 12.0. The van der Waals surface area contributed by atoms with Crippen molar-refractivity contribution in [2.75, 3.05) is 48.3 Å². The van der Waals surface area contributed by atoms with Gasteiger partial charge in [0.05, 0.1) is 27.2 Å². The highest BCUT2D eigenvalue weighted by Gasteiger charge is 2.59. The molecule has 0 aromatic carbocycles. The molecule has 39 heavy (non-hydrogen) atoms. The minimum absolute atomic E-state index is 0. The predicted molar refractivity (Wildman–Crippen MR) is 163 cm³/mol. The Bertz CT molecular complexity index is 818. The number of ether oxygens (including phenoxy) is 1. The summed E-state index contributed by atoms with van der Waals surface area (Å²) in [7, 11) is 11.3. The summed E-state index contributed by atoms with van der Waals surface area (Å²) in [6.07, 6.45) is 18.8. The Balaban J connectivity index is 0.00000420. The highest BCUT2D eigenvalue weighted by Crippen LogP contribution is 2.67. The van der Waals surface area contributed by atoms with Crippen LogP contribution in [0.1, 0.15) is 105 Å². The highest BCUT2D eigenvalue weighted by atomic mass is 35.5. The molecule has 0 saturated heterocycles. The SMILES string of the molecule is CC(C)CCC[C@@H](C)[C@H]1CC[C@H]2[C@@H]3CC=C4C[C@@H](OC(CN(C)C)C[N+](C)(C)C)CC[C@]4(C)[C@H]3CC[C@]12C.[Cl-]. The van der Waals surface area contributed by atoms with Crippen molar-refractivity contribution in [2.24, 2.45) is 46.3 Å². The predicted octanol–water partition coefficient (Wildman–Crippen LogP) is 5.05. The molecule has 0 heterocycles. The van der Waals surface area contributed by atoms with Gasteiger partial charge < -0.3 is 26.5 Å². The van der Waals surface area contributed by atoms with Crippen LogP contribution in [0.25, 0.3) is 0 Å². The lowest BCUT2D eigenvalue weighted by Gasteiger charge is -2.58. The normalized spacial score (nSPS) is 37.9. The minimum Gasteiger partial charge on any atom is -1.00 e. The fourth-order valence-electron chi connectivity index (χ4n) is 10.2. The van der Waals surface area contributed by atoms with Gasteiger partial charge in [-0.2, -0.15) is 0 Å². The lowest BCUT2D eigenvalue weighted by Crippen LogP contribution is -3.00. The van der Waals surface area contributed by atoms with Crippen LogP contribution in [0.5, 0.6) is 0 Å². The lowest BCUT2D eigenvalue weighted by atomic mass is 9.47. The summed E-state index contributed by atoms with van der Waals surface area (Å²) in [6.45, 7) is 14.9. The van der Waals surface area contributed by atoms with Gasteiger partial charge in [0.15, 0.2) is 0 Å². The van der Waals surface area contributed by atoms with E-state index in [4.69, 9.17) is 4.74 Å². The summed E-state index contributed by atoms with van der Waals surface area (Å²) in [4.78, 5) is 2.30. The van der Waals surface area contributed by atoms with Gasteiger partial charge in [0.1, 0.15) is 12.6 Å². The van der Waals surface area contributed by atoms with Crippen LogP contribution >= 0.6 is 0 Å². The second-order valence-electron chi connectivity index (χ2n) is 16.6. The van der Waals surface area contributed by atoms with Crippen molar-refractivity contribution in [1.82, 2.24) is 4.90 Å².